The van der Waals surface area contributed by atoms with Crippen LogP contribution in [0.1, 0.15) is 12.5 Å². The van der Waals surface area contributed by atoms with E-state index in [1.54, 1.807) is 18.3 Å². The zero-order valence-electron chi connectivity index (χ0n) is 15.1. The van der Waals surface area contributed by atoms with Crippen LogP contribution in [0.15, 0.2) is 71.8 Å². The minimum absolute atomic E-state index is 0.00764. The Kier molecular flexibility index (Phi) is 5.41. The Morgan fingerprint density at radius 1 is 1.04 bits per heavy atom. The van der Waals surface area contributed by atoms with Crippen molar-refractivity contribution in [3.8, 4) is 0 Å². The van der Waals surface area contributed by atoms with Gasteiger partial charge >= 0.3 is 0 Å². The minimum Gasteiger partial charge on any atom is -0.341 e. The lowest BCUT2D eigenvalue weighted by Gasteiger charge is -2.23. The van der Waals surface area contributed by atoms with Gasteiger partial charge in [-0.25, -0.2) is 17.8 Å². The van der Waals surface area contributed by atoms with Crippen molar-refractivity contribution in [1.82, 2.24) is 4.98 Å². The molecule has 1 heterocycles. The fourth-order valence-corrected chi connectivity index (χ4v) is 3.80. The first-order valence-electron chi connectivity index (χ1n) is 8.48. The van der Waals surface area contributed by atoms with E-state index in [-0.39, 0.29) is 16.3 Å². The largest absolute Gasteiger partial charge is 0.341 e. The van der Waals surface area contributed by atoms with Gasteiger partial charge < -0.3 is 4.90 Å². The van der Waals surface area contributed by atoms with Gasteiger partial charge in [-0.1, -0.05) is 18.2 Å². The SMILES string of the molecule is CCN(c1ccccc1)c1ccc(NS(=O)(=O)c2ccc(F)c(C)c2)nc1. The molecule has 0 atom stereocenters. The number of nitrogens with zero attached hydrogens (tertiary/aromatic N) is 2. The quantitative estimate of drug-likeness (QED) is 0.679. The molecule has 27 heavy (non-hydrogen) atoms. The van der Waals surface area contributed by atoms with Gasteiger partial charge in [0, 0.05) is 12.2 Å². The highest BCUT2D eigenvalue weighted by Gasteiger charge is 2.16. The second-order valence-corrected chi connectivity index (χ2v) is 7.68. The third kappa shape index (κ3) is 4.25. The zero-order chi connectivity index (χ0) is 19.4. The number of hydrogen-bond acceptors (Lipinski definition) is 4. The second kappa shape index (κ2) is 7.75. The van der Waals surface area contributed by atoms with Crippen LogP contribution in [0.4, 0.5) is 21.6 Å². The van der Waals surface area contributed by atoms with Crippen LogP contribution in [0.5, 0.6) is 0 Å². The molecule has 0 bridgehead atoms. The summed E-state index contributed by atoms with van der Waals surface area (Å²) in [4.78, 5) is 6.27. The maximum Gasteiger partial charge on any atom is 0.263 e. The number of rotatable bonds is 6. The molecule has 0 aliphatic heterocycles. The molecule has 7 heteroatoms. The molecule has 3 aromatic rings. The van der Waals surface area contributed by atoms with E-state index in [0.29, 0.717) is 0 Å². The first-order valence-corrected chi connectivity index (χ1v) is 9.96. The molecule has 0 aliphatic carbocycles. The average molecular weight is 385 g/mol. The highest BCUT2D eigenvalue weighted by Crippen LogP contribution is 2.25. The summed E-state index contributed by atoms with van der Waals surface area (Å²) in [5.41, 5.74) is 2.14. The molecule has 5 nitrogen and oxygen atoms in total. The van der Waals surface area contributed by atoms with E-state index in [9.17, 15) is 12.8 Å². The number of para-hydroxylation sites is 1. The summed E-state index contributed by atoms with van der Waals surface area (Å²) < 4.78 is 40.8. The normalized spacial score (nSPS) is 11.2. The van der Waals surface area contributed by atoms with Gasteiger partial charge in [0.2, 0.25) is 0 Å². The van der Waals surface area contributed by atoms with Crippen LogP contribution in [-0.4, -0.2) is 19.9 Å². The number of halogens is 1. The van der Waals surface area contributed by atoms with E-state index < -0.39 is 15.8 Å². The summed E-state index contributed by atoms with van der Waals surface area (Å²) in [6.45, 7) is 4.29. The van der Waals surface area contributed by atoms with E-state index in [1.165, 1.54) is 19.1 Å². The van der Waals surface area contributed by atoms with Gasteiger partial charge in [-0.05, 0) is 61.9 Å². The summed E-state index contributed by atoms with van der Waals surface area (Å²) in [6, 6.07) is 16.9. The van der Waals surface area contributed by atoms with Gasteiger partial charge in [0.15, 0.2) is 0 Å². The van der Waals surface area contributed by atoms with Crippen LogP contribution in [0.3, 0.4) is 0 Å². The molecule has 0 fully saturated rings. The molecule has 0 saturated heterocycles. The molecule has 0 spiro atoms. The Morgan fingerprint density at radius 3 is 2.37 bits per heavy atom. The molecule has 0 radical (unpaired) electrons. The lowest BCUT2D eigenvalue weighted by molar-refractivity contribution is 0.598. The smallest absolute Gasteiger partial charge is 0.263 e. The van der Waals surface area contributed by atoms with Crippen molar-refractivity contribution in [2.75, 3.05) is 16.2 Å². The number of anilines is 3. The van der Waals surface area contributed by atoms with Gasteiger partial charge in [-0.2, -0.15) is 0 Å². The summed E-state index contributed by atoms with van der Waals surface area (Å²) in [5, 5.41) is 0. The van der Waals surface area contributed by atoms with Crippen molar-refractivity contribution >= 4 is 27.2 Å². The third-order valence-corrected chi connectivity index (χ3v) is 5.47. The van der Waals surface area contributed by atoms with Crippen molar-refractivity contribution in [2.45, 2.75) is 18.7 Å². The first-order chi connectivity index (χ1) is 12.9. The fourth-order valence-electron chi connectivity index (χ4n) is 2.71. The van der Waals surface area contributed by atoms with Crippen LogP contribution in [0, 0.1) is 12.7 Å². The maximum atomic E-state index is 13.4. The van der Waals surface area contributed by atoms with E-state index in [4.69, 9.17) is 0 Å². The van der Waals surface area contributed by atoms with E-state index in [0.717, 1.165) is 24.0 Å². The van der Waals surface area contributed by atoms with E-state index in [1.807, 2.05) is 37.3 Å². The van der Waals surface area contributed by atoms with Gasteiger partial charge in [0.05, 0.1) is 16.8 Å². The van der Waals surface area contributed by atoms with Gasteiger partial charge in [0.1, 0.15) is 11.6 Å². The summed E-state index contributed by atoms with van der Waals surface area (Å²) in [6.07, 6.45) is 1.62. The van der Waals surface area contributed by atoms with Crippen LogP contribution in [0.25, 0.3) is 0 Å². The third-order valence-electron chi connectivity index (χ3n) is 4.12. The van der Waals surface area contributed by atoms with Crippen molar-refractivity contribution in [2.24, 2.45) is 0 Å². The Bertz CT molecular complexity index is 1020. The van der Waals surface area contributed by atoms with E-state index >= 15 is 0 Å². The summed E-state index contributed by atoms with van der Waals surface area (Å²) in [7, 11) is -3.84. The van der Waals surface area contributed by atoms with Gasteiger partial charge in [-0.3, -0.25) is 4.72 Å². The maximum absolute atomic E-state index is 13.4. The van der Waals surface area contributed by atoms with Crippen LogP contribution >= 0.6 is 0 Å². The predicted octanol–water partition coefficient (Wildman–Crippen LogP) is 4.49. The number of benzene rings is 2. The second-order valence-electron chi connectivity index (χ2n) is 6.00. The zero-order valence-corrected chi connectivity index (χ0v) is 15.9. The number of aromatic nitrogens is 1. The Hall–Kier alpha value is -2.93. The Balaban J connectivity index is 1.82. The number of hydrogen-bond donors (Lipinski definition) is 1. The molecular weight excluding hydrogens is 365 g/mol. The highest BCUT2D eigenvalue weighted by atomic mass is 32.2. The first kappa shape index (κ1) is 18.8. The molecule has 140 valence electrons. The van der Waals surface area contributed by atoms with Crippen LogP contribution < -0.4 is 9.62 Å². The number of sulfonamides is 1. The van der Waals surface area contributed by atoms with Crippen molar-refractivity contribution in [1.29, 1.82) is 0 Å². The van der Waals surface area contributed by atoms with Crippen LogP contribution in [-0.2, 0) is 10.0 Å². The molecule has 0 amide bonds. The molecule has 3 rings (SSSR count). The lowest BCUT2D eigenvalue weighted by atomic mass is 10.2. The Morgan fingerprint density at radius 2 is 1.78 bits per heavy atom. The molecule has 1 N–H and O–H groups in total. The Labute approximate surface area is 158 Å². The van der Waals surface area contributed by atoms with Gasteiger partial charge in [0.25, 0.3) is 10.0 Å². The molecule has 2 aromatic carbocycles. The minimum atomic E-state index is -3.84. The fraction of sp³-hybridized carbons (Fsp3) is 0.150. The number of pyridine rings is 1. The number of aryl methyl sites for hydroxylation is 1. The van der Waals surface area contributed by atoms with Crippen molar-refractivity contribution in [3.63, 3.8) is 0 Å². The topological polar surface area (TPSA) is 62.3 Å². The van der Waals surface area contributed by atoms with Crippen molar-refractivity contribution in [3.05, 3.63) is 78.2 Å². The van der Waals surface area contributed by atoms with E-state index in [2.05, 4.69) is 14.6 Å². The predicted molar refractivity (Wildman–Crippen MR) is 105 cm³/mol. The monoisotopic (exact) mass is 385 g/mol. The molecule has 0 saturated carbocycles. The molecule has 0 aliphatic rings. The highest BCUT2D eigenvalue weighted by molar-refractivity contribution is 7.92. The standard InChI is InChI=1S/C20H20FN3O2S/c1-3-24(16-7-5-4-6-8-16)17-9-12-20(22-14-17)23-27(25,26)18-10-11-19(21)15(2)13-18/h4-14H,3H2,1-2H3,(H,22,23). The lowest BCUT2D eigenvalue weighted by Crippen LogP contribution is -2.17. The molecular formula is C20H20FN3O2S. The average Bonchev–Trinajstić information content (AvgIpc) is 2.66. The molecule has 1 aromatic heterocycles. The molecule has 0 unspecified atom stereocenters. The van der Waals surface area contributed by atoms with Crippen molar-refractivity contribution < 1.29 is 12.8 Å². The van der Waals surface area contributed by atoms with Crippen LogP contribution in [0.2, 0.25) is 0 Å². The van der Waals surface area contributed by atoms with Gasteiger partial charge in [-0.15, -0.1) is 0 Å². The summed E-state index contributed by atoms with van der Waals surface area (Å²) >= 11 is 0. The number of nitrogens with one attached hydrogen (secondary N) is 1. The summed E-state index contributed by atoms with van der Waals surface area (Å²) in [5.74, 6) is -0.248.